The zero-order chi connectivity index (χ0) is 16.7. The highest BCUT2D eigenvalue weighted by Gasteiger charge is 2.04. The van der Waals surface area contributed by atoms with Crippen LogP contribution in [0.15, 0.2) is 48.5 Å². The van der Waals surface area contributed by atoms with E-state index >= 15 is 0 Å². The first-order chi connectivity index (χ1) is 11.1. The minimum atomic E-state index is -2.32. The molecule has 3 nitrogen and oxygen atoms in total. The highest BCUT2D eigenvalue weighted by molar-refractivity contribution is 7.80. The number of hydrogen-bond donors (Lipinski definition) is 2. The lowest BCUT2D eigenvalue weighted by Gasteiger charge is -2.11. The highest BCUT2D eigenvalue weighted by atomic mass is 32.1. The third kappa shape index (κ3) is 5.83. The summed E-state index contributed by atoms with van der Waals surface area (Å²) in [6.07, 6.45) is -2.54. The Bertz CT molecular complexity index is 647. The van der Waals surface area contributed by atoms with E-state index in [1.165, 1.54) is 0 Å². The van der Waals surface area contributed by atoms with Crippen molar-refractivity contribution in [3.63, 3.8) is 0 Å². The molecule has 0 bridgehead atoms. The standard InChI is InChI=1S/C17H18F2N2OS/c1-22-15-4-2-3-14(10-15)21-17(23)20-11-13-7-5-12(6-8-13)9-16(18)19/h2-8,10,16H,9,11H2,1H3,(H2,20,21,23). The van der Waals surface area contributed by atoms with Crippen LogP contribution in [0.25, 0.3) is 0 Å². The van der Waals surface area contributed by atoms with Gasteiger partial charge in [0.25, 0.3) is 0 Å². The van der Waals surface area contributed by atoms with Crippen LogP contribution in [-0.2, 0) is 13.0 Å². The summed E-state index contributed by atoms with van der Waals surface area (Å²) in [5, 5.41) is 6.62. The topological polar surface area (TPSA) is 33.3 Å². The smallest absolute Gasteiger partial charge is 0.242 e. The van der Waals surface area contributed by atoms with Crippen LogP contribution in [-0.4, -0.2) is 18.6 Å². The van der Waals surface area contributed by atoms with Gasteiger partial charge < -0.3 is 15.4 Å². The number of hydrogen-bond acceptors (Lipinski definition) is 2. The minimum Gasteiger partial charge on any atom is -0.497 e. The van der Waals surface area contributed by atoms with Gasteiger partial charge in [0.1, 0.15) is 5.75 Å². The molecule has 0 unspecified atom stereocenters. The maximum atomic E-state index is 12.3. The van der Waals surface area contributed by atoms with E-state index in [4.69, 9.17) is 17.0 Å². The molecule has 2 N–H and O–H groups in total. The first-order valence-electron chi connectivity index (χ1n) is 7.11. The summed E-state index contributed by atoms with van der Waals surface area (Å²) in [5.41, 5.74) is 2.42. The van der Waals surface area contributed by atoms with Crippen molar-refractivity contribution in [1.82, 2.24) is 5.32 Å². The molecule has 2 rings (SSSR count). The van der Waals surface area contributed by atoms with Crippen LogP contribution in [0.2, 0.25) is 0 Å². The number of alkyl halides is 2. The molecule has 0 aliphatic rings. The summed E-state index contributed by atoms with van der Waals surface area (Å²) in [6, 6.07) is 14.5. The van der Waals surface area contributed by atoms with Crippen molar-refractivity contribution in [2.75, 3.05) is 12.4 Å². The zero-order valence-corrected chi connectivity index (χ0v) is 13.5. The van der Waals surface area contributed by atoms with E-state index < -0.39 is 6.43 Å². The van der Waals surface area contributed by atoms with E-state index in [9.17, 15) is 8.78 Å². The van der Waals surface area contributed by atoms with Gasteiger partial charge >= 0.3 is 0 Å². The summed E-state index contributed by atoms with van der Waals surface area (Å²) in [7, 11) is 1.60. The van der Waals surface area contributed by atoms with Gasteiger partial charge in [-0.2, -0.15) is 0 Å². The molecule has 2 aromatic rings. The Morgan fingerprint density at radius 2 is 1.83 bits per heavy atom. The van der Waals surface area contributed by atoms with Crippen molar-refractivity contribution in [3.8, 4) is 5.75 Å². The molecule has 0 aromatic heterocycles. The molecular weight excluding hydrogens is 318 g/mol. The monoisotopic (exact) mass is 336 g/mol. The Hall–Kier alpha value is -2.21. The number of nitrogens with one attached hydrogen (secondary N) is 2. The van der Waals surface area contributed by atoms with Gasteiger partial charge in [-0.25, -0.2) is 8.78 Å². The van der Waals surface area contributed by atoms with Crippen molar-refractivity contribution in [1.29, 1.82) is 0 Å². The fraction of sp³-hybridized carbons (Fsp3) is 0.235. The fourth-order valence-corrected chi connectivity index (χ4v) is 2.22. The Morgan fingerprint density at radius 3 is 2.48 bits per heavy atom. The largest absolute Gasteiger partial charge is 0.497 e. The number of benzene rings is 2. The second-order valence-corrected chi connectivity index (χ2v) is 5.36. The summed E-state index contributed by atoms with van der Waals surface area (Å²) in [6.45, 7) is 0.519. The lowest BCUT2D eigenvalue weighted by molar-refractivity contribution is 0.149. The van der Waals surface area contributed by atoms with Crippen molar-refractivity contribution >= 4 is 23.0 Å². The second-order valence-electron chi connectivity index (χ2n) is 4.95. The maximum absolute atomic E-state index is 12.3. The van der Waals surface area contributed by atoms with E-state index in [0.29, 0.717) is 17.2 Å². The van der Waals surface area contributed by atoms with E-state index in [-0.39, 0.29) is 6.42 Å². The van der Waals surface area contributed by atoms with Gasteiger partial charge in [-0.15, -0.1) is 0 Å². The highest BCUT2D eigenvalue weighted by Crippen LogP contribution is 2.16. The first-order valence-corrected chi connectivity index (χ1v) is 7.52. The summed E-state index contributed by atoms with van der Waals surface area (Å²) < 4.78 is 29.7. The normalized spacial score (nSPS) is 10.4. The minimum absolute atomic E-state index is 0.219. The van der Waals surface area contributed by atoms with Crippen molar-refractivity contribution in [2.45, 2.75) is 19.4 Å². The third-order valence-electron chi connectivity index (χ3n) is 3.19. The van der Waals surface area contributed by atoms with Gasteiger partial charge in [-0.1, -0.05) is 30.3 Å². The van der Waals surface area contributed by atoms with Crippen LogP contribution in [0, 0.1) is 0 Å². The number of methoxy groups -OCH3 is 1. The Kier molecular flexibility index (Phi) is 6.29. The Balaban J connectivity index is 1.84. The van der Waals surface area contributed by atoms with Gasteiger partial charge in [0.15, 0.2) is 5.11 Å². The molecule has 2 aromatic carbocycles. The number of halogens is 2. The second kappa shape index (κ2) is 8.43. The average molecular weight is 336 g/mol. The van der Waals surface area contributed by atoms with Crippen LogP contribution in [0.1, 0.15) is 11.1 Å². The summed E-state index contributed by atoms with van der Waals surface area (Å²) >= 11 is 5.24. The van der Waals surface area contributed by atoms with E-state index in [0.717, 1.165) is 17.0 Å². The lowest BCUT2D eigenvalue weighted by Crippen LogP contribution is -2.27. The number of ether oxygens (including phenoxy) is 1. The molecule has 0 radical (unpaired) electrons. The van der Waals surface area contributed by atoms with Gasteiger partial charge in [0.2, 0.25) is 6.43 Å². The molecular formula is C17H18F2N2OS. The number of rotatable bonds is 6. The Morgan fingerprint density at radius 1 is 1.13 bits per heavy atom. The van der Waals surface area contributed by atoms with E-state index in [1.54, 1.807) is 19.2 Å². The summed E-state index contributed by atoms with van der Waals surface area (Å²) in [4.78, 5) is 0. The molecule has 0 atom stereocenters. The molecule has 23 heavy (non-hydrogen) atoms. The predicted molar refractivity (Wildman–Crippen MR) is 92.2 cm³/mol. The molecule has 0 saturated heterocycles. The molecule has 0 amide bonds. The van der Waals surface area contributed by atoms with Crippen LogP contribution >= 0.6 is 12.2 Å². The molecule has 0 aliphatic heterocycles. The van der Waals surface area contributed by atoms with Crippen LogP contribution < -0.4 is 15.4 Å². The molecule has 0 fully saturated rings. The molecule has 0 saturated carbocycles. The molecule has 0 spiro atoms. The molecule has 6 heteroatoms. The molecule has 122 valence electrons. The molecule has 0 heterocycles. The molecule has 0 aliphatic carbocycles. The number of anilines is 1. The van der Waals surface area contributed by atoms with E-state index in [1.807, 2.05) is 36.4 Å². The van der Waals surface area contributed by atoms with E-state index in [2.05, 4.69) is 10.6 Å². The maximum Gasteiger partial charge on any atom is 0.242 e. The van der Waals surface area contributed by atoms with Gasteiger partial charge in [-0.05, 0) is 35.5 Å². The first kappa shape index (κ1) is 17.1. The van der Waals surface area contributed by atoms with Crippen LogP contribution in [0.5, 0.6) is 5.75 Å². The van der Waals surface area contributed by atoms with Crippen molar-refractivity contribution < 1.29 is 13.5 Å². The third-order valence-corrected chi connectivity index (χ3v) is 3.44. The quantitative estimate of drug-likeness (QED) is 0.782. The average Bonchev–Trinajstić information content (AvgIpc) is 2.54. The predicted octanol–water partition coefficient (Wildman–Crippen LogP) is 3.99. The van der Waals surface area contributed by atoms with Crippen molar-refractivity contribution in [3.05, 3.63) is 59.7 Å². The SMILES string of the molecule is COc1cccc(NC(=S)NCc2ccc(CC(F)F)cc2)c1. The zero-order valence-electron chi connectivity index (χ0n) is 12.7. The van der Waals surface area contributed by atoms with Gasteiger partial charge in [-0.3, -0.25) is 0 Å². The van der Waals surface area contributed by atoms with Crippen LogP contribution in [0.4, 0.5) is 14.5 Å². The fourth-order valence-electron chi connectivity index (χ4n) is 2.03. The number of thiocarbonyl (C=S) groups is 1. The summed E-state index contributed by atoms with van der Waals surface area (Å²) in [5.74, 6) is 0.743. The Labute approximate surface area is 139 Å². The van der Waals surface area contributed by atoms with Crippen LogP contribution in [0.3, 0.4) is 0 Å². The van der Waals surface area contributed by atoms with Gasteiger partial charge in [0, 0.05) is 24.7 Å². The lowest BCUT2D eigenvalue weighted by atomic mass is 10.1. The van der Waals surface area contributed by atoms with Gasteiger partial charge in [0.05, 0.1) is 7.11 Å². The van der Waals surface area contributed by atoms with Crippen molar-refractivity contribution in [2.24, 2.45) is 0 Å².